The first kappa shape index (κ1) is 11.4. The van der Waals surface area contributed by atoms with Crippen LogP contribution in [-0.4, -0.2) is 39.0 Å². The average Bonchev–Trinajstić information content (AvgIpc) is 2.37. The summed E-state index contributed by atoms with van der Waals surface area (Å²) < 4.78 is 11.3. The SMILES string of the molecule is Nc1cc2c(c(N3CCNC(N)C3)c1)OCCO2. The van der Waals surface area contributed by atoms with Crippen molar-refractivity contribution in [2.45, 2.75) is 6.17 Å². The van der Waals surface area contributed by atoms with Gasteiger partial charge in [0, 0.05) is 31.4 Å². The van der Waals surface area contributed by atoms with E-state index in [4.69, 9.17) is 20.9 Å². The fourth-order valence-electron chi connectivity index (χ4n) is 2.39. The van der Waals surface area contributed by atoms with E-state index in [1.165, 1.54) is 0 Å². The van der Waals surface area contributed by atoms with Crippen molar-refractivity contribution < 1.29 is 9.47 Å². The number of nitrogen functional groups attached to an aromatic ring is 1. The van der Waals surface area contributed by atoms with Crippen LogP contribution >= 0.6 is 0 Å². The van der Waals surface area contributed by atoms with Crippen molar-refractivity contribution in [3.8, 4) is 11.5 Å². The second-order valence-corrected chi connectivity index (χ2v) is 4.57. The number of nitrogens with one attached hydrogen (secondary N) is 1. The summed E-state index contributed by atoms with van der Waals surface area (Å²) in [6.45, 7) is 3.61. The van der Waals surface area contributed by atoms with Gasteiger partial charge in [0.25, 0.3) is 0 Å². The Balaban J connectivity index is 1.97. The molecule has 2 heterocycles. The van der Waals surface area contributed by atoms with Gasteiger partial charge in [0.15, 0.2) is 11.5 Å². The molecule has 0 bridgehead atoms. The number of anilines is 2. The van der Waals surface area contributed by atoms with E-state index in [9.17, 15) is 0 Å². The average molecular weight is 250 g/mol. The van der Waals surface area contributed by atoms with Gasteiger partial charge < -0.3 is 25.8 Å². The van der Waals surface area contributed by atoms with E-state index in [1.807, 2.05) is 6.07 Å². The van der Waals surface area contributed by atoms with Crippen molar-refractivity contribution >= 4 is 11.4 Å². The van der Waals surface area contributed by atoms with Gasteiger partial charge in [-0.05, 0) is 6.07 Å². The molecule has 0 aromatic heterocycles. The lowest BCUT2D eigenvalue weighted by Gasteiger charge is -2.35. The zero-order valence-electron chi connectivity index (χ0n) is 10.2. The molecule has 6 nitrogen and oxygen atoms in total. The lowest BCUT2D eigenvalue weighted by Crippen LogP contribution is -2.55. The minimum atomic E-state index is -0.0275. The van der Waals surface area contributed by atoms with Gasteiger partial charge in [-0.1, -0.05) is 0 Å². The highest BCUT2D eigenvalue weighted by atomic mass is 16.6. The molecule has 1 aromatic rings. The lowest BCUT2D eigenvalue weighted by molar-refractivity contribution is 0.172. The number of benzene rings is 1. The maximum atomic E-state index is 5.92. The molecule has 2 aliphatic rings. The van der Waals surface area contributed by atoms with Gasteiger partial charge in [0.2, 0.25) is 0 Å². The van der Waals surface area contributed by atoms with Gasteiger partial charge in [-0.15, -0.1) is 0 Å². The summed E-state index contributed by atoms with van der Waals surface area (Å²) in [5, 5.41) is 3.21. The van der Waals surface area contributed by atoms with Gasteiger partial charge in [-0.2, -0.15) is 0 Å². The Hall–Kier alpha value is -1.66. The Bertz CT molecular complexity index is 452. The Morgan fingerprint density at radius 2 is 2.11 bits per heavy atom. The highest BCUT2D eigenvalue weighted by molar-refractivity contribution is 5.71. The molecule has 6 heteroatoms. The van der Waals surface area contributed by atoms with Gasteiger partial charge in [0.1, 0.15) is 13.2 Å². The summed E-state index contributed by atoms with van der Waals surface area (Å²) in [5.74, 6) is 1.51. The smallest absolute Gasteiger partial charge is 0.184 e. The van der Waals surface area contributed by atoms with Crippen molar-refractivity contribution in [2.75, 3.05) is 43.5 Å². The first-order valence-electron chi connectivity index (χ1n) is 6.17. The number of nitrogens with two attached hydrogens (primary N) is 2. The van der Waals surface area contributed by atoms with Crippen LogP contribution in [0.25, 0.3) is 0 Å². The van der Waals surface area contributed by atoms with Crippen LogP contribution in [0.4, 0.5) is 11.4 Å². The van der Waals surface area contributed by atoms with Crippen LogP contribution in [-0.2, 0) is 0 Å². The van der Waals surface area contributed by atoms with Gasteiger partial charge in [-0.3, -0.25) is 5.32 Å². The third kappa shape index (κ3) is 2.04. The topological polar surface area (TPSA) is 85.8 Å². The molecule has 1 unspecified atom stereocenters. The molecule has 1 aromatic carbocycles. The molecule has 0 spiro atoms. The maximum absolute atomic E-state index is 5.92. The van der Waals surface area contributed by atoms with Crippen LogP contribution in [0.3, 0.4) is 0 Å². The van der Waals surface area contributed by atoms with Crippen molar-refractivity contribution in [1.82, 2.24) is 5.32 Å². The highest BCUT2D eigenvalue weighted by Crippen LogP contribution is 2.41. The van der Waals surface area contributed by atoms with Crippen molar-refractivity contribution in [1.29, 1.82) is 0 Å². The molecular weight excluding hydrogens is 232 g/mol. The molecule has 1 fully saturated rings. The van der Waals surface area contributed by atoms with Gasteiger partial charge in [0.05, 0.1) is 11.9 Å². The van der Waals surface area contributed by atoms with Crippen LogP contribution in [0.1, 0.15) is 0 Å². The number of ether oxygens (including phenoxy) is 2. The number of hydrogen-bond donors (Lipinski definition) is 3. The second-order valence-electron chi connectivity index (χ2n) is 4.57. The number of fused-ring (bicyclic) bond motifs is 1. The Labute approximate surface area is 106 Å². The summed E-state index contributed by atoms with van der Waals surface area (Å²) in [6, 6.07) is 3.73. The van der Waals surface area contributed by atoms with E-state index in [0.29, 0.717) is 18.9 Å². The largest absolute Gasteiger partial charge is 0.486 e. The molecule has 3 rings (SSSR count). The highest BCUT2D eigenvalue weighted by Gasteiger charge is 2.24. The van der Waals surface area contributed by atoms with Crippen molar-refractivity contribution in [2.24, 2.45) is 5.73 Å². The molecular formula is C12H18N4O2. The molecule has 0 saturated carbocycles. The quantitative estimate of drug-likeness (QED) is 0.595. The summed E-state index contributed by atoms with van der Waals surface area (Å²) in [6.07, 6.45) is -0.0275. The zero-order chi connectivity index (χ0) is 12.5. The first-order valence-corrected chi connectivity index (χ1v) is 6.17. The fraction of sp³-hybridized carbons (Fsp3) is 0.500. The van der Waals surface area contributed by atoms with Crippen molar-refractivity contribution in [3.63, 3.8) is 0 Å². The molecule has 18 heavy (non-hydrogen) atoms. The van der Waals surface area contributed by atoms with Crippen molar-refractivity contribution in [3.05, 3.63) is 12.1 Å². The minimum Gasteiger partial charge on any atom is -0.486 e. The first-order chi connectivity index (χ1) is 8.74. The van der Waals surface area contributed by atoms with E-state index >= 15 is 0 Å². The van der Waals surface area contributed by atoms with E-state index in [0.717, 1.165) is 36.8 Å². The Kier molecular flexibility index (Phi) is 2.89. The lowest BCUT2D eigenvalue weighted by atomic mass is 10.2. The Morgan fingerprint density at radius 3 is 2.94 bits per heavy atom. The fourth-order valence-corrected chi connectivity index (χ4v) is 2.39. The third-order valence-corrected chi connectivity index (χ3v) is 3.19. The van der Waals surface area contributed by atoms with E-state index < -0.39 is 0 Å². The molecule has 1 saturated heterocycles. The summed E-state index contributed by atoms with van der Waals surface area (Å²) in [7, 11) is 0. The molecule has 98 valence electrons. The summed E-state index contributed by atoms with van der Waals surface area (Å²) >= 11 is 0. The monoisotopic (exact) mass is 250 g/mol. The molecule has 2 aliphatic heterocycles. The number of piperazine rings is 1. The molecule has 0 amide bonds. The minimum absolute atomic E-state index is 0.0275. The predicted octanol–water partition coefficient (Wildman–Crippen LogP) is -0.266. The zero-order valence-corrected chi connectivity index (χ0v) is 10.2. The van der Waals surface area contributed by atoms with Crippen LogP contribution in [0.15, 0.2) is 12.1 Å². The predicted molar refractivity (Wildman–Crippen MR) is 70.0 cm³/mol. The molecule has 1 atom stereocenters. The maximum Gasteiger partial charge on any atom is 0.184 e. The van der Waals surface area contributed by atoms with Crippen LogP contribution in [0, 0.1) is 0 Å². The molecule has 0 radical (unpaired) electrons. The number of rotatable bonds is 1. The third-order valence-electron chi connectivity index (χ3n) is 3.19. The number of hydrogen-bond acceptors (Lipinski definition) is 6. The molecule has 0 aliphatic carbocycles. The summed E-state index contributed by atoms with van der Waals surface area (Å²) in [4.78, 5) is 2.19. The Morgan fingerprint density at radius 1 is 1.28 bits per heavy atom. The van der Waals surface area contributed by atoms with E-state index in [-0.39, 0.29) is 6.17 Å². The van der Waals surface area contributed by atoms with Gasteiger partial charge in [-0.25, -0.2) is 0 Å². The second kappa shape index (κ2) is 4.55. The van der Waals surface area contributed by atoms with E-state index in [1.54, 1.807) is 6.07 Å². The molecule has 5 N–H and O–H groups in total. The standard InChI is InChI=1S/C12H18N4O2/c13-8-5-9(16-2-1-15-11(14)7-16)12-10(6-8)17-3-4-18-12/h5-6,11,15H,1-4,7,13-14H2. The normalized spacial score (nSPS) is 22.9. The van der Waals surface area contributed by atoms with Crippen LogP contribution < -0.4 is 31.2 Å². The number of nitrogens with zero attached hydrogens (tertiary/aromatic N) is 1. The van der Waals surface area contributed by atoms with Crippen LogP contribution in [0.2, 0.25) is 0 Å². The van der Waals surface area contributed by atoms with E-state index in [2.05, 4.69) is 10.2 Å². The van der Waals surface area contributed by atoms with Crippen LogP contribution in [0.5, 0.6) is 11.5 Å². The summed E-state index contributed by atoms with van der Waals surface area (Å²) in [5.41, 5.74) is 13.5. The van der Waals surface area contributed by atoms with Gasteiger partial charge >= 0.3 is 0 Å².